The summed E-state index contributed by atoms with van der Waals surface area (Å²) >= 11 is 0. The minimum absolute atomic E-state index is 0.0129. The van der Waals surface area contributed by atoms with Crippen LogP contribution in [0.5, 0.6) is 5.88 Å². The SMILES string of the molecule is CCOc1ncccc1C(=O)N1CCC(c2c[nH]c3ccccc23)CC1. The predicted octanol–water partition coefficient (Wildman–Crippen LogP) is 3.98. The molecule has 4 rings (SSSR count). The zero-order valence-electron chi connectivity index (χ0n) is 14.9. The Bertz CT molecular complexity index is 910. The lowest BCUT2D eigenvalue weighted by Crippen LogP contribution is -2.38. The molecule has 0 radical (unpaired) electrons. The molecule has 1 fully saturated rings. The molecule has 1 saturated heterocycles. The van der Waals surface area contributed by atoms with Gasteiger partial charge in [-0.3, -0.25) is 4.79 Å². The van der Waals surface area contributed by atoms with Crippen molar-refractivity contribution in [3.63, 3.8) is 0 Å². The number of hydrogen-bond acceptors (Lipinski definition) is 3. The van der Waals surface area contributed by atoms with Crippen LogP contribution in [0.2, 0.25) is 0 Å². The molecule has 2 aromatic heterocycles. The van der Waals surface area contributed by atoms with Gasteiger partial charge in [0.05, 0.1) is 6.61 Å². The van der Waals surface area contributed by atoms with Crippen molar-refractivity contribution >= 4 is 16.8 Å². The summed E-state index contributed by atoms with van der Waals surface area (Å²) in [7, 11) is 0. The van der Waals surface area contributed by atoms with E-state index in [0.717, 1.165) is 25.9 Å². The topological polar surface area (TPSA) is 58.2 Å². The van der Waals surface area contributed by atoms with E-state index in [4.69, 9.17) is 4.74 Å². The van der Waals surface area contributed by atoms with E-state index >= 15 is 0 Å². The molecule has 1 amide bonds. The first kappa shape index (κ1) is 16.6. The second-order valence-corrected chi connectivity index (χ2v) is 6.65. The van der Waals surface area contributed by atoms with Crippen molar-refractivity contribution in [2.24, 2.45) is 0 Å². The van der Waals surface area contributed by atoms with Crippen LogP contribution in [0.25, 0.3) is 10.9 Å². The van der Waals surface area contributed by atoms with Gasteiger partial charge in [-0.2, -0.15) is 0 Å². The van der Waals surface area contributed by atoms with Crippen LogP contribution in [-0.2, 0) is 0 Å². The minimum Gasteiger partial charge on any atom is -0.477 e. The smallest absolute Gasteiger partial charge is 0.259 e. The minimum atomic E-state index is 0.0129. The van der Waals surface area contributed by atoms with Crippen LogP contribution in [0.15, 0.2) is 48.8 Å². The Morgan fingerprint density at radius 2 is 2.04 bits per heavy atom. The first-order chi connectivity index (χ1) is 12.8. The normalized spacial score (nSPS) is 15.3. The second-order valence-electron chi connectivity index (χ2n) is 6.65. The summed E-state index contributed by atoms with van der Waals surface area (Å²) in [5, 5.41) is 1.29. The van der Waals surface area contributed by atoms with E-state index in [1.54, 1.807) is 18.3 Å². The van der Waals surface area contributed by atoms with Crippen LogP contribution in [0.3, 0.4) is 0 Å². The van der Waals surface area contributed by atoms with Gasteiger partial charge in [0.1, 0.15) is 5.56 Å². The summed E-state index contributed by atoms with van der Waals surface area (Å²) in [5.74, 6) is 0.924. The van der Waals surface area contributed by atoms with Gasteiger partial charge in [0.2, 0.25) is 5.88 Å². The molecule has 0 unspecified atom stereocenters. The van der Waals surface area contributed by atoms with Crippen molar-refractivity contribution < 1.29 is 9.53 Å². The Labute approximate surface area is 153 Å². The number of piperidine rings is 1. The monoisotopic (exact) mass is 349 g/mol. The quantitative estimate of drug-likeness (QED) is 0.775. The molecule has 26 heavy (non-hydrogen) atoms. The highest BCUT2D eigenvalue weighted by Crippen LogP contribution is 2.33. The van der Waals surface area contributed by atoms with Gasteiger partial charge < -0.3 is 14.6 Å². The maximum absolute atomic E-state index is 12.9. The van der Waals surface area contributed by atoms with E-state index in [0.29, 0.717) is 24.0 Å². The number of fused-ring (bicyclic) bond motifs is 1. The summed E-state index contributed by atoms with van der Waals surface area (Å²) in [6.07, 6.45) is 5.72. The fourth-order valence-electron chi connectivity index (χ4n) is 3.80. The number of H-pyrrole nitrogens is 1. The number of benzene rings is 1. The summed E-state index contributed by atoms with van der Waals surface area (Å²) in [6.45, 7) is 3.91. The molecule has 0 aliphatic carbocycles. The van der Waals surface area contributed by atoms with Crippen LogP contribution in [0.1, 0.15) is 41.6 Å². The van der Waals surface area contributed by atoms with Crippen LogP contribution < -0.4 is 4.74 Å². The van der Waals surface area contributed by atoms with Gasteiger partial charge in [-0.05, 0) is 49.4 Å². The summed E-state index contributed by atoms with van der Waals surface area (Å²) < 4.78 is 5.51. The summed E-state index contributed by atoms with van der Waals surface area (Å²) in [4.78, 5) is 22.4. The lowest BCUT2D eigenvalue weighted by atomic mass is 9.89. The van der Waals surface area contributed by atoms with Crippen molar-refractivity contribution in [2.45, 2.75) is 25.7 Å². The van der Waals surface area contributed by atoms with Gasteiger partial charge in [-0.1, -0.05) is 18.2 Å². The third kappa shape index (κ3) is 3.05. The Morgan fingerprint density at radius 3 is 2.85 bits per heavy atom. The Hall–Kier alpha value is -2.82. The maximum atomic E-state index is 12.9. The summed E-state index contributed by atoms with van der Waals surface area (Å²) in [6, 6.07) is 12.0. The van der Waals surface area contributed by atoms with E-state index in [-0.39, 0.29) is 5.91 Å². The molecule has 1 N–H and O–H groups in total. The summed E-state index contributed by atoms with van der Waals surface area (Å²) in [5.41, 5.74) is 3.10. The molecule has 1 aliphatic heterocycles. The number of likely N-dealkylation sites (tertiary alicyclic amines) is 1. The molecule has 3 aromatic rings. The Balaban J connectivity index is 1.48. The standard InChI is InChI=1S/C21H23N3O2/c1-2-26-20-17(7-5-11-22-20)21(25)24-12-9-15(10-13-24)18-14-23-19-8-4-3-6-16(18)19/h3-8,11,14-15,23H,2,9-10,12-13H2,1H3. The highest BCUT2D eigenvalue weighted by atomic mass is 16.5. The molecule has 3 heterocycles. The number of rotatable bonds is 4. The van der Waals surface area contributed by atoms with E-state index in [2.05, 4.69) is 34.4 Å². The number of carbonyl (C=O) groups excluding carboxylic acids is 1. The number of nitrogens with zero attached hydrogens (tertiary/aromatic N) is 2. The van der Waals surface area contributed by atoms with E-state index < -0.39 is 0 Å². The average molecular weight is 349 g/mol. The number of aromatic amines is 1. The number of hydrogen-bond donors (Lipinski definition) is 1. The average Bonchev–Trinajstić information content (AvgIpc) is 3.12. The lowest BCUT2D eigenvalue weighted by molar-refractivity contribution is 0.0708. The second kappa shape index (κ2) is 7.20. The number of para-hydroxylation sites is 1. The van der Waals surface area contributed by atoms with Crippen LogP contribution >= 0.6 is 0 Å². The number of amides is 1. The molecule has 5 heteroatoms. The van der Waals surface area contributed by atoms with Crippen LogP contribution in [0, 0.1) is 0 Å². The highest BCUT2D eigenvalue weighted by Gasteiger charge is 2.27. The van der Waals surface area contributed by atoms with Gasteiger partial charge in [0, 0.05) is 36.4 Å². The van der Waals surface area contributed by atoms with Gasteiger partial charge >= 0.3 is 0 Å². The molecule has 5 nitrogen and oxygen atoms in total. The molecule has 1 aromatic carbocycles. The van der Waals surface area contributed by atoms with Gasteiger partial charge in [0.25, 0.3) is 5.91 Å². The zero-order valence-corrected chi connectivity index (χ0v) is 14.9. The fraction of sp³-hybridized carbons (Fsp3) is 0.333. The molecule has 134 valence electrons. The predicted molar refractivity (Wildman–Crippen MR) is 102 cm³/mol. The van der Waals surface area contributed by atoms with Gasteiger partial charge in [0.15, 0.2) is 0 Å². The molecule has 0 bridgehead atoms. The molecule has 1 aliphatic rings. The van der Waals surface area contributed by atoms with Gasteiger partial charge in [-0.25, -0.2) is 4.98 Å². The third-order valence-electron chi connectivity index (χ3n) is 5.13. The Morgan fingerprint density at radius 1 is 1.23 bits per heavy atom. The van der Waals surface area contributed by atoms with Crippen molar-refractivity contribution in [2.75, 3.05) is 19.7 Å². The van der Waals surface area contributed by atoms with Gasteiger partial charge in [-0.15, -0.1) is 0 Å². The van der Waals surface area contributed by atoms with E-state index in [9.17, 15) is 4.79 Å². The number of carbonyl (C=O) groups is 1. The van der Waals surface area contributed by atoms with Crippen LogP contribution in [0.4, 0.5) is 0 Å². The fourth-order valence-corrected chi connectivity index (χ4v) is 3.80. The molecule has 0 atom stereocenters. The number of pyridine rings is 1. The molecular weight excluding hydrogens is 326 g/mol. The zero-order chi connectivity index (χ0) is 17.9. The molecule has 0 saturated carbocycles. The largest absolute Gasteiger partial charge is 0.477 e. The molecule has 0 spiro atoms. The lowest BCUT2D eigenvalue weighted by Gasteiger charge is -2.32. The van der Waals surface area contributed by atoms with Crippen molar-refractivity contribution in [3.05, 3.63) is 59.9 Å². The third-order valence-corrected chi connectivity index (χ3v) is 5.13. The van der Waals surface area contributed by atoms with Crippen molar-refractivity contribution in [1.82, 2.24) is 14.9 Å². The van der Waals surface area contributed by atoms with Crippen LogP contribution in [-0.4, -0.2) is 40.5 Å². The number of ether oxygens (including phenoxy) is 1. The van der Waals surface area contributed by atoms with E-state index in [1.165, 1.54) is 16.5 Å². The first-order valence-electron chi connectivity index (χ1n) is 9.21. The van der Waals surface area contributed by atoms with Crippen molar-refractivity contribution in [1.29, 1.82) is 0 Å². The number of nitrogens with one attached hydrogen (secondary N) is 1. The molecular formula is C21H23N3O2. The number of aromatic nitrogens is 2. The maximum Gasteiger partial charge on any atom is 0.259 e. The first-order valence-corrected chi connectivity index (χ1v) is 9.21. The van der Waals surface area contributed by atoms with Crippen molar-refractivity contribution in [3.8, 4) is 5.88 Å². The highest BCUT2D eigenvalue weighted by molar-refractivity contribution is 5.96. The Kier molecular flexibility index (Phi) is 4.61. The van der Waals surface area contributed by atoms with E-state index in [1.807, 2.05) is 17.9 Å².